The lowest BCUT2D eigenvalue weighted by Gasteiger charge is -2.42. The first-order chi connectivity index (χ1) is 8.55. The van der Waals surface area contributed by atoms with E-state index in [1.54, 1.807) is 0 Å². The molecule has 18 heavy (non-hydrogen) atoms. The molecule has 106 valence electrons. The van der Waals surface area contributed by atoms with Crippen molar-refractivity contribution in [3.8, 4) is 0 Å². The average molecular weight is 257 g/mol. The van der Waals surface area contributed by atoms with E-state index in [1.807, 2.05) is 6.92 Å². The molecule has 0 aromatic carbocycles. The van der Waals surface area contributed by atoms with Crippen molar-refractivity contribution in [3.05, 3.63) is 0 Å². The van der Waals surface area contributed by atoms with Crippen LogP contribution in [0, 0.1) is 5.41 Å². The number of aliphatic carboxylic acids is 1. The summed E-state index contributed by atoms with van der Waals surface area (Å²) in [4.78, 5) is 13.9. The Kier molecular flexibility index (Phi) is 6.09. The van der Waals surface area contributed by atoms with Gasteiger partial charge in [0.2, 0.25) is 0 Å². The first kappa shape index (κ1) is 15.4. The van der Waals surface area contributed by atoms with E-state index < -0.39 is 11.4 Å². The second-order valence-corrected chi connectivity index (χ2v) is 5.42. The molecule has 1 fully saturated rings. The maximum atomic E-state index is 11.6. The minimum absolute atomic E-state index is 0.306. The summed E-state index contributed by atoms with van der Waals surface area (Å²) in [6.07, 6.45) is 3.50. The number of hydrogen-bond donors (Lipinski definition) is 1. The summed E-state index contributed by atoms with van der Waals surface area (Å²) in [7, 11) is 0. The molecule has 0 bridgehead atoms. The van der Waals surface area contributed by atoms with E-state index >= 15 is 0 Å². The van der Waals surface area contributed by atoms with E-state index in [4.69, 9.17) is 4.74 Å². The zero-order chi connectivity index (χ0) is 13.6. The fourth-order valence-corrected chi connectivity index (χ4v) is 2.90. The molecule has 2 atom stereocenters. The highest BCUT2D eigenvalue weighted by molar-refractivity contribution is 5.75. The van der Waals surface area contributed by atoms with Crippen LogP contribution < -0.4 is 0 Å². The maximum absolute atomic E-state index is 11.6. The van der Waals surface area contributed by atoms with Gasteiger partial charge in [0.25, 0.3) is 0 Å². The number of carbonyl (C=O) groups is 1. The van der Waals surface area contributed by atoms with Gasteiger partial charge in [-0.05, 0) is 39.7 Å². The lowest BCUT2D eigenvalue weighted by atomic mass is 9.76. The fourth-order valence-electron chi connectivity index (χ4n) is 2.90. The first-order valence-corrected chi connectivity index (χ1v) is 7.11. The monoisotopic (exact) mass is 257 g/mol. The molecule has 0 amide bonds. The number of carboxylic acid groups (broad SMARTS) is 1. The van der Waals surface area contributed by atoms with Crippen LogP contribution in [0.1, 0.15) is 46.5 Å². The topological polar surface area (TPSA) is 49.8 Å². The van der Waals surface area contributed by atoms with Crippen LogP contribution in [0.3, 0.4) is 0 Å². The Labute approximate surface area is 110 Å². The predicted molar refractivity (Wildman–Crippen MR) is 71.7 cm³/mol. The number of rotatable bonds is 7. The Morgan fingerprint density at radius 1 is 1.50 bits per heavy atom. The zero-order valence-electron chi connectivity index (χ0n) is 11.9. The van der Waals surface area contributed by atoms with Gasteiger partial charge in [-0.25, -0.2) is 0 Å². The Morgan fingerprint density at radius 2 is 2.22 bits per heavy atom. The molecule has 2 unspecified atom stereocenters. The maximum Gasteiger partial charge on any atom is 0.310 e. The van der Waals surface area contributed by atoms with E-state index in [0.29, 0.717) is 19.2 Å². The molecule has 1 aliphatic heterocycles. The van der Waals surface area contributed by atoms with Crippen molar-refractivity contribution < 1.29 is 14.6 Å². The standard InChI is InChI=1S/C14H27NO3/c1-4-7-14(13(16)17)8-6-9-15(11-14)12(3)10-18-5-2/h12H,4-11H2,1-3H3,(H,16,17). The first-order valence-electron chi connectivity index (χ1n) is 7.11. The quantitative estimate of drug-likeness (QED) is 0.760. The highest BCUT2D eigenvalue weighted by Crippen LogP contribution is 2.35. The van der Waals surface area contributed by atoms with Crippen LogP contribution in [-0.2, 0) is 9.53 Å². The third-order valence-electron chi connectivity index (χ3n) is 3.98. The Morgan fingerprint density at radius 3 is 2.78 bits per heavy atom. The number of hydrogen-bond acceptors (Lipinski definition) is 3. The van der Waals surface area contributed by atoms with Crippen molar-refractivity contribution >= 4 is 5.97 Å². The SMILES string of the molecule is CCCC1(C(=O)O)CCCN(C(C)COCC)C1. The molecule has 0 saturated carbocycles. The lowest BCUT2D eigenvalue weighted by Crippen LogP contribution is -2.51. The van der Waals surface area contributed by atoms with Gasteiger partial charge in [0.1, 0.15) is 0 Å². The molecule has 0 aromatic heterocycles. The van der Waals surface area contributed by atoms with Gasteiger partial charge in [0.15, 0.2) is 0 Å². The summed E-state index contributed by atoms with van der Waals surface area (Å²) in [5.41, 5.74) is -0.534. The molecule has 4 nitrogen and oxygen atoms in total. The number of piperidine rings is 1. The summed E-state index contributed by atoms with van der Waals surface area (Å²) in [5.74, 6) is -0.627. The molecule has 0 radical (unpaired) electrons. The lowest BCUT2D eigenvalue weighted by molar-refractivity contribution is -0.154. The molecular weight excluding hydrogens is 230 g/mol. The third kappa shape index (κ3) is 3.69. The highest BCUT2D eigenvalue weighted by Gasteiger charge is 2.42. The second-order valence-electron chi connectivity index (χ2n) is 5.42. The number of nitrogens with zero attached hydrogens (tertiary/aromatic N) is 1. The van der Waals surface area contributed by atoms with Crippen molar-refractivity contribution in [2.75, 3.05) is 26.3 Å². The summed E-state index contributed by atoms with van der Waals surface area (Å²) < 4.78 is 5.45. The van der Waals surface area contributed by atoms with Gasteiger partial charge in [0.05, 0.1) is 12.0 Å². The number of likely N-dealkylation sites (tertiary alicyclic amines) is 1. The van der Waals surface area contributed by atoms with Gasteiger partial charge in [-0.3, -0.25) is 9.69 Å². The number of ether oxygens (including phenoxy) is 1. The zero-order valence-corrected chi connectivity index (χ0v) is 11.9. The van der Waals surface area contributed by atoms with Crippen LogP contribution in [0.5, 0.6) is 0 Å². The van der Waals surface area contributed by atoms with Crippen LogP contribution in [0.25, 0.3) is 0 Å². The van der Waals surface area contributed by atoms with Crippen molar-refractivity contribution in [2.24, 2.45) is 5.41 Å². The molecule has 0 spiro atoms. The molecule has 1 N–H and O–H groups in total. The molecule has 1 aliphatic rings. The molecule has 1 heterocycles. The summed E-state index contributed by atoms with van der Waals surface area (Å²) >= 11 is 0. The van der Waals surface area contributed by atoms with Crippen LogP contribution in [-0.4, -0.2) is 48.3 Å². The van der Waals surface area contributed by atoms with Crippen LogP contribution >= 0.6 is 0 Å². The van der Waals surface area contributed by atoms with Gasteiger partial charge in [0, 0.05) is 19.2 Å². The normalized spacial score (nSPS) is 27.1. The van der Waals surface area contributed by atoms with Gasteiger partial charge in [-0.2, -0.15) is 0 Å². The van der Waals surface area contributed by atoms with E-state index in [9.17, 15) is 9.90 Å². The summed E-state index contributed by atoms with van der Waals surface area (Å²) in [6.45, 7) is 9.25. The van der Waals surface area contributed by atoms with E-state index in [-0.39, 0.29) is 0 Å². The van der Waals surface area contributed by atoms with Crippen molar-refractivity contribution in [3.63, 3.8) is 0 Å². The molecular formula is C14H27NO3. The largest absolute Gasteiger partial charge is 0.481 e. The van der Waals surface area contributed by atoms with Crippen LogP contribution in [0.15, 0.2) is 0 Å². The van der Waals surface area contributed by atoms with Crippen molar-refractivity contribution in [1.29, 1.82) is 0 Å². The summed E-state index contributed by atoms with van der Waals surface area (Å²) in [5, 5.41) is 9.54. The third-order valence-corrected chi connectivity index (χ3v) is 3.98. The van der Waals surface area contributed by atoms with E-state index in [1.165, 1.54) is 0 Å². The van der Waals surface area contributed by atoms with E-state index in [0.717, 1.165) is 38.8 Å². The molecule has 4 heteroatoms. The smallest absolute Gasteiger partial charge is 0.310 e. The molecule has 0 aromatic rings. The fraction of sp³-hybridized carbons (Fsp3) is 0.929. The van der Waals surface area contributed by atoms with E-state index in [2.05, 4.69) is 18.7 Å². The van der Waals surface area contributed by atoms with Crippen LogP contribution in [0.4, 0.5) is 0 Å². The molecule has 1 saturated heterocycles. The Hall–Kier alpha value is -0.610. The predicted octanol–water partition coefficient (Wildman–Crippen LogP) is 2.38. The van der Waals surface area contributed by atoms with Gasteiger partial charge in [-0.1, -0.05) is 13.3 Å². The minimum atomic E-state index is -0.627. The number of carboxylic acids is 1. The Balaban J connectivity index is 2.65. The highest BCUT2D eigenvalue weighted by atomic mass is 16.5. The van der Waals surface area contributed by atoms with Gasteiger partial charge >= 0.3 is 5.97 Å². The van der Waals surface area contributed by atoms with Gasteiger partial charge in [-0.15, -0.1) is 0 Å². The minimum Gasteiger partial charge on any atom is -0.481 e. The summed E-state index contributed by atoms with van der Waals surface area (Å²) in [6, 6.07) is 0.306. The Bertz CT molecular complexity index is 266. The molecule has 1 rings (SSSR count). The second kappa shape index (κ2) is 7.10. The average Bonchev–Trinajstić information content (AvgIpc) is 2.36. The van der Waals surface area contributed by atoms with Gasteiger partial charge < -0.3 is 9.84 Å². The van der Waals surface area contributed by atoms with Crippen LogP contribution in [0.2, 0.25) is 0 Å². The van der Waals surface area contributed by atoms with Crippen molar-refractivity contribution in [1.82, 2.24) is 4.90 Å². The molecule has 0 aliphatic carbocycles. The van der Waals surface area contributed by atoms with Crippen molar-refractivity contribution in [2.45, 2.75) is 52.5 Å².